The molecule has 2 atom stereocenters. The first kappa shape index (κ1) is 12.0. The van der Waals surface area contributed by atoms with Gasteiger partial charge in [0.25, 0.3) is 0 Å². The third-order valence-corrected chi connectivity index (χ3v) is 2.86. The second kappa shape index (κ2) is 4.64. The molecule has 1 aliphatic carbocycles. The minimum atomic E-state index is -0.356. The summed E-state index contributed by atoms with van der Waals surface area (Å²) < 4.78 is 4.58. The van der Waals surface area contributed by atoms with Crippen LogP contribution in [0.3, 0.4) is 0 Å². The van der Waals surface area contributed by atoms with Crippen molar-refractivity contribution in [3.05, 3.63) is 0 Å². The Morgan fingerprint density at radius 3 is 2.33 bits per heavy atom. The summed E-state index contributed by atoms with van der Waals surface area (Å²) in [6.07, 6.45) is 0.948. The molecular formula is C11H19NO3. The minimum absolute atomic E-state index is 0.0457. The van der Waals surface area contributed by atoms with Gasteiger partial charge in [0.1, 0.15) is 6.54 Å². The number of carbonyl (C=O) groups excluding carboxylic acids is 2. The highest BCUT2D eigenvalue weighted by Crippen LogP contribution is 2.39. The zero-order valence-electron chi connectivity index (χ0n) is 9.82. The molecule has 4 nitrogen and oxygen atoms in total. The second-order valence-electron chi connectivity index (χ2n) is 4.46. The first-order valence-electron chi connectivity index (χ1n) is 5.34. The van der Waals surface area contributed by atoms with Crippen molar-refractivity contribution in [2.45, 2.75) is 33.2 Å². The molecule has 1 saturated carbocycles. The van der Waals surface area contributed by atoms with Crippen LogP contribution in [0.25, 0.3) is 0 Å². The molecule has 0 aromatic rings. The Hall–Kier alpha value is -1.06. The van der Waals surface area contributed by atoms with Gasteiger partial charge in [-0.1, -0.05) is 6.92 Å². The molecule has 0 N–H and O–H groups in total. The lowest BCUT2D eigenvalue weighted by Crippen LogP contribution is -2.42. The number of amides is 1. The SMILES string of the molecule is COC(=O)CN(C(=O)[C@@H]1C[C@@H]1C)C(C)C. The Balaban J connectivity index is 2.57. The highest BCUT2D eigenvalue weighted by atomic mass is 16.5. The number of carbonyl (C=O) groups is 2. The predicted octanol–water partition coefficient (Wildman–Crippen LogP) is 1.05. The van der Waals surface area contributed by atoms with Crippen LogP contribution < -0.4 is 0 Å². The van der Waals surface area contributed by atoms with Gasteiger partial charge in [0.2, 0.25) is 5.91 Å². The molecule has 4 heteroatoms. The Bertz CT molecular complexity index is 263. The molecule has 15 heavy (non-hydrogen) atoms. The average Bonchev–Trinajstić information content (AvgIpc) is 2.90. The van der Waals surface area contributed by atoms with E-state index in [1.165, 1.54) is 7.11 Å². The van der Waals surface area contributed by atoms with Crippen LogP contribution >= 0.6 is 0 Å². The molecule has 0 unspecified atom stereocenters. The van der Waals surface area contributed by atoms with Gasteiger partial charge in [0.15, 0.2) is 0 Å². The van der Waals surface area contributed by atoms with Crippen molar-refractivity contribution in [1.29, 1.82) is 0 Å². The summed E-state index contributed by atoms with van der Waals surface area (Å²) in [6.45, 7) is 5.94. The predicted molar refractivity (Wildman–Crippen MR) is 56.1 cm³/mol. The van der Waals surface area contributed by atoms with E-state index >= 15 is 0 Å². The molecule has 0 bridgehead atoms. The lowest BCUT2D eigenvalue weighted by Gasteiger charge is -2.25. The molecule has 0 aromatic carbocycles. The summed E-state index contributed by atoms with van der Waals surface area (Å²) in [7, 11) is 1.34. The smallest absolute Gasteiger partial charge is 0.325 e. The Morgan fingerprint density at radius 1 is 1.47 bits per heavy atom. The largest absolute Gasteiger partial charge is 0.468 e. The maximum atomic E-state index is 11.9. The van der Waals surface area contributed by atoms with Gasteiger partial charge in [-0.25, -0.2) is 0 Å². The number of ether oxygens (including phenoxy) is 1. The molecule has 1 rings (SSSR count). The fourth-order valence-corrected chi connectivity index (χ4v) is 1.60. The first-order valence-corrected chi connectivity index (χ1v) is 5.34. The zero-order chi connectivity index (χ0) is 11.6. The van der Waals surface area contributed by atoms with Crippen molar-refractivity contribution < 1.29 is 14.3 Å². The van der Waals surface area contributed by atoms with Gasteiger partial charge < -0.3 is 9.64 Å². The molecule has 0 aliphatic heterocycles. The summed E-state index contributed by atoms with van der Waals surface area (Å²) in [5, 5.41) is 0. The molecular weight excluding hydrogens is 194 g/mol. The van der Waals surface area contributed by atoms with E-state index in [1.54, 1.807) is 4.90 Å². The van der Waals surface area contributed by atoms with E-state index < -0.39 is 0 Å². The lowest BCUT2D eigenvalue weighted by molar-refractivity contribution is -0.148. The summed E-state index contributed by atoms with van der Waals surface area (Å²) in [5.41, 5.74) is 0. The number of hydrogen-bond donors (Lipinski definition) is 0. The fourth-order valence-electron chi connectivity index (χ4n) is 1.60. The molecule has 1 amide bonds. The van der Waals surface area contributed by atoms with Gasteiger partial charge >= 0.3 is 5.97 Å². The standard InChI is InChI=1S/C11H19NO3/c1-7(2)12(6-10(13)15-4)11(14)9-5-8(9)3/h7-9H,5-6H2,1-4H3/t8-,9+/m0/s1. The van der Waals surface area contributed by atoms with Crippen LogP contribution in [0.15, 0.2) is 0 Å². The van der Waals surface area contributed by atoms with Gasteiger partial charge in [0.05, 0.1) is 7.11 Å². The topological polar surface area (TPSA) is 46.6 Å². The number of hydrogen-bond acceptors (Lipinski definition) is 3. The van der Waals surface area contributed by atoms with Crippen LogP contribution in [0, 0.1) is 11.8 Å². The fraction of sp³-hybridized carbons (Fsp3) is 0.818. The number of methoxy groups -OCH3 is 1. The van der Waals surface area contributed by atoms with E-state index in [9.17, 15) is 9.59 Å². The molecule has 0 radical (unpaired) electrons. The average molecular weight is 213 g/mol. The van der Waals surface area contributed by atoms with Gasteiger partial charge in [0, 0.05) is 12.0 Å². The van der Waals surface area contributed by atoms with E-state index in [-0.39, 0.29) is 30.4 Å². The van der Waals surface area contributed by atoms with E-state index in [4.69, 9.17) is 0 Å². The zero-order valence-corrected chi connectivity index (χ0v) is 9.82. The molecule has 86 valence electrons. The van der Waals surface area contributed by atoms with Gasteiger partial charge in [-0.05, 0) is 26.2 Å². The summed E-state index contributed by atoms with van der Waals surface area (Å²) in [6, 6.07) is 0.0457. The van der Waals surface area contributed by atoms with Crippen LogP contribution in [-0.4, -0.2) is 36.5 Å². The normalized spacial score (nSPS) is 23.8. The van der Waals surface area contributed by atoms with Crippen LogP contribution in [0.5, 0.6) is 0 Å². The van der Waals surface area contributed by atoms with Crippen molar-refractivity contribution in [3.8, 4) is 0 Å². The monoisotopic (exact) mass is 213 g/mol. The van der Waals surface area contributed by atoms with E-state index in [2.05, 4.69) is 11.7 Å². The maximum Gasteiger partial charge on any atom is 0.325 e. The van der Waals surface area contributed by atoms with Gasteiger partial charge in [-0.3, -0.25) is 9.59 Å². The first-order chi connectivity index (χ1) is 6.97. The number of nitrogens with zero attached hydrogens (tertiary/aromatic N) is 1. The summed E-state index contributed by atoms with van der Waals surface area (Å²) >= 11 is 0. The Labute approximate surface area is 90.6 Å². The third-order valence-electron chi connectivity index (χ3n) is 2.86. The molecule has 0 aromatic heterocycles. The highest BCUT2D eigenvalue weighted by molar-refractivity contribution is 5.85. The van der Waals surface area contributed by atoms with Crippen LogP contribution in [0.2, 0.25) is 0 Å². The molecule has 1 fully saturated rings. The van der Waals surface area contributed by atoms with Gasteiger partial charge in [-0.2, -0.15) is 0 Å². The molecule has 0 spiro atoms. The minimum Gasteiger partial charge on any atom is -0.468 e. The maximum absolute atomic E-state index is 11.9. The Morgan fingerprint density at radius 2 is 2.00 bits per heavy atom. The van der Waals surface area contributed by atoms with Crippen molar-refractivity contribution in [2.24, 2.45) is 11.8 Å². The summed E-state index contributed by atoms with van der Waals surface area (Å²) in [4.78, 5) is 24.7. The van der Waals surface area contributed by atoms with E-state index in [1.807, 2.05) is 13.8 Å². The third kappa shape index (κ3) is 2.94. The molecule has 0 saturated heterocycles. The van der Waals surface area contributed by atoms with Crippen molar-refractivity contribution in [1.82, 2.24) is 4.90 Å². The van der Waals surface area contributed by atoms with Crippen LogP contribution in [0.4, 0.5) is 0 Å². The van der Waals surface area contributed by atoms with Crippen molar-refractivity contribution >= 4 is 11.9 Å². The quantitative estimate of drug-likeness (QED) is 0.656. The summed E-state index contributed by atoms with van der Waals surface area (Å²) in [5.74, 6) is 0.321. The van der Waals surface area contributed by atoms with Crippen molar-refractivity contribution in [3.63, 3.8) is 0 Å². The second-order valence-corrected chi connectivity index (χ2v) is 4.46. The number of rotatable bonds is 4. The highest BCUT2D eigenvalue weighted by Gasteiger charge is 2.42. The molecule has 0 heterocycles. The van der Waals surface area contributed by atoms with E-state index in [0.29, 0.717) is 5.92 Å². The lowest BCUT2D eigenvalue weighted by atomic mass is 10.2. The number of esters is 1. The molecule has 1 aliphatic rings. The Kier molecular flexibility index (Phi) is 3.72. The van der Waals surface area contributed by atoms with E-state index in [0.717, 1.165) is 6.42 Å². The van der Waals surface area contributed by atoms with Crippen molar-refractivity contribution in [2.75, 3.05) is 13.7 Å². The van der Waals surface area contributed by atoms with Crippen LogP contribution in [0.1, 0.15) is 27.2 Å². The van der Waals surface area contributed by atoms with Crippen LogP contribution in [-0.2, 0) is 14.3 Å². The van der Waals surface area contributed by atoms with Gasteiger partial charge in [-0.15, -0.1) is 0 Å².